The lowest BCUT2D eigenvalue weighted by molar-refractivity contribution is -0.137. The van der Waals surface area contributed by atoms with E-state index in [9.17, 15) is 22.8 Å². The van der Waals surface area contributed by atoms with Crippen LogP contribution in [0.2, 0.25) is 0 Å². The number of carbonyl (C=O) groups excluding carboxylic acids is 2. The predicted octanol–water partition coefficient (Wildman–Crippen LogP) is 2.99. The van der Waals surface area contributed by atoms with E-state index < -0.39 is 35.6 Å². The second-order valence-electron chi connectivity index (χ2n) is 7.90. The summed E-state index contributed by atoms with van der Waals surface area (Å²) in [5.41, 5.74) is 12.3. The van der Waals surface area contributed by atoms with E-state index in [1.165, 1.54) is 12.1 Å². The third-order valence-electron chi connectivity index (χ3n) is 5.28. The summed E-state index contributed by atoms with van der Waals surface area (Å²) in [5.74, 6) is -1.06. The molecular weight excluding hydrogens is 447 g/mol. The Morgan fingerprint density at radius 2 is 1.76 bits per heavy atom. The lowest BCUT2D eigenvalue weighted by Crippen LogP contribution is -2.51. The van der Waals surface area contributed by atoms with Crippen molar-refractivity contribution in [1.82, 2.24) is 10.3 Å². The van der Waals surface area contributed by atoms with E-state index in [1.54, 1.807) is 30.5 Å². The van der Waals surface area contributed by atoms with Gasteiger partial charge in [-0.05, 0) is 61.3 Å². The van der Waals surface area contributed by atoms with E-state index in [-0.39, 0.29) is 6.42 Å². The van der Waals surface area contributed by atoms with Gasteiger partial charge in [0.2, 0.25) is 11.8 Å². The van der Waals surface area contributed by atoms with Crippen molar-refractivity contribution >= 4 is 28.4 Å². The zero-order chi connectivity index (χ0) is 24.7. The normalized spacial score (nSPS) is 13.3. The zero-order valence-corrected chi connectivity index (χ0v) is 18.3. The van der Waals surface area contributed by atoms with Crippen molar-refractivity contribution in [3.8, 4) is 0 Å². The van der Waals surface area contributed by atoms with Crippen LogP contribution in [-0.2, 0) is 22.2 Å². The number of rotatable bonds is 9. The number of carbonyl (C=O) groups is 2. The minimum atomic E-state index is -4.47. The second kappa shape index (κ2) is 11.1. The molecule has 0 fully saturated rings. The van der Waals surface area contributed by atoms with Gasteiger partial charge in [0, 0.05) is 23.7 Å². The molecule has 10 heteroatoms. The highest BCUT2D eigenvalue weighted by molar-refractivity contribution is 5.99. The van der Waals surface area contributed by atoms with E-state index >= 15 is 0 Å². The number of pyridine rings is 1. The molecule has 34 heavy (non-hydrogen) atoms. The van der Waals surface area contributed by atoms with Gasteiger partial charge in [0.05, 0.1) is 17.1 Å². The van der Waals surface area contributed by atoms with E-state index in [0.717, 1.165) is 23.0 Å². The van der Waals surface area contributed by atoms with Gasteiger partial charge in [-0.15, -0.1) is 0 Å². The summed E-state index contributed by atoms with van der Waals surface area (Å²) >= 11 is 0. The molecule has 0 aliphatic carbocycles. The average molecular weight is 473 g/mol. The van der Waals surface area contributed by atoms with Crippen molar-refractivity contribution in [3.05, 3.63) is 71.9 Å². The molecule has 2 atom stereocenters. The van der Waals surface area contributed by atoms with E-state index in [0.29, 0.717) is 30.6 Å². The molecule has 3 rings (SSSR count). The molecule has 0 saturated carbocycles. The van der Waals surface area contributed by atoms with Gasteiger partial charge in [0.1, 0.15) is 6.04 Å². The maximum atomic E-state index is 13.1. The topological polar surface area (TPSA) is 123 Å². The minimum absolute atomic E-state index is 0.0194. The fraction of sp³-hybridized carbons (Fsp3) is 0.292. The predicted molar refractivity (Wildman–Crippen MR) is 124 cm³/mol. The Morgan fingerprint density at radius 1 is 1.03 bits per heavy atom. The highest BCUT2D eigenvalue weighted by atomic mass is 19.4. The standard InChI is InChI=1S/C24H26F3N5O2/c25-24(26,27)17-7-5-15(6-8-17)13-21(32-22(33)19(29)4-1-11-28)23(34)31-18-9-10-20-16(14-18)3-2-12-30-20/h2-3,5-10,12,14,19,21H,1,4,11,13,28-29H2,(H,31,34)(H,32,33)/t19-,21+/m0/s1. The lowest BCUT2D eigenvalue weighted by atomic mass is 10.0. The van der Waals surface area contributed by atoms with Crippen LogP contribution in [0, 0.1) is 0 Å². The summed E-state index contributed by atoms with van der Waals surface area (Å²) in [6.45, 7) is 0.368. The van der Waals surface area contributed by atoms with Gasteiger partial charge in [0.15, 0.2) is 0 Å². The highest BCUT2D eigenvalue weighted by Gasteiger charge is 2.30. The lowest BCUT2D eigenvalue weighted by Gasteiger charge is -2.21. The maximum absolute atomic E-state index is 13.1. The van der Waals surface area contributed by atoms with Crippen LogP contribution in [0.25, 0.3) is 10.9 Å². The molecule has 2 aromatic carbocycles. The highest BCUT2D eigenvalue weighted by Crippen LogP contribution is 2.29. The van der Waals surface area contributed by atoms with Crippen LogP contribution in [-0.4, -0.2) is 35.4 Å². The summed E-state index contributed by atoms with van der Waals surface area (Å²) in [6, 6.07) is 11.3. The van der Waals surface area contributed by atoms with Crippen LogP contribution in [0.1, 0.15) is 24.0 Å². The molecule has 0 radical (unpaired) electrons. The Kier molecular flexibility index (Phi) is 8.19. The van der Waals surface area contributed by atoms with Gasteiger partial charge in [-0.2, -0.15) is 13.2 Å². The number of nitrogens with two attached hydrogens (primary N) is 2. The Labute approximate surface area is 194 Å². The summed E-state index contributed by atoms with van der Waals surface area (Å²) in [7, 11) is 0. The van der Waals surface area contributed by atoms with Crippen LogP contribution < -0.4 is 22.1 Å². The van der Waals surface area contributed by atoms with Crippen LogP contribution >= 0.6 is 0 Å². The van der Waals surface area contributed by atoms with Crippen molar-refractivity contribution in [1.29, 1.82) is 0 Å². The zero-order valence-electron chi connectivity index (χ0n) is 18.3. The molecule has 3 aromatic rings. The number of nitrogens with one attached hydrogen (secondary N) is 2. The van der Waals surface area contributed by atoms with E-state index in [4.69, 9.17) is 11.5 Å². The number of hydrogen-bond donors (Lipinski definition) is 4. The summed E-state index contributed by atoms with van der Waals surface area (Å²) in [5, 5.41) is 6.19. The van der Waals surface area contributed by atoms with Gasteiger partial charge in [-0.1, -0.05) is 18.2 Å². The smallest absolute Gasteiger partial charge is 0.343 e. The number of nitrogens with zero attached hydrogens (tertiary/aromatic N) is 1. The Bertz CT molecular complexity index is 1140. The summed E-state index contributed by atoms with van der Waals surface area (Å²) in [6.07, 6.45) is -1.95. The number of amides is 2. The second-order valence-corrected chi connectivity index (χ2v) is 7.90. The van der Waals surface area contributed by atoms with Gasteiger partial charge in [-0.3, -0.25) is 14.6 Å². The average Bonchev–Trinajstić information content (AvgIpc) is 2.81. The van der Waals surface area contributed by atoms with Gasteiger partial charge >= 0.3 is 6.18 Å². The number of fused-ring (bicyclic) bond motifs is 1. The number of benzene rings is 2. The Hall–Kier alpha value is -3.50. The first-order valence-electron chi connectivity index (χ1n) is 10.7. The molecule has 2 amide bonds. The van der Waals surface area contributed by atoms with Crippen molar-refractivity contribution in [2.45, 2.75) is 37.5 Å². The summed E-state index contributed by atoms with van der Waals surface area (Å²) < 4.78 is 38.6. The first-order valence-corrected chi connectivity index (χ1v) is 10.7. The molecule has 180 valence electrons. The summed E-state index contributed by atoms with van der Waals surface area (Å²) in [4.78, 5) is 29.8. The fourth-order valence-electron chi connectivity index (χ4n) is 3.41. The fourth-order valence-corrected chi connectivity index (χ4v) is 3.41. The molecule has 6 N–H and O–H groups in total. The van der Waals surface area contributed by atoms with Gasteiger partial charge < -0.3 is 22.1 Å². The number of aromatic nitrogens is 1. The Morgan fingerprint density at radius 3 is 2.44 bits per heavy atom. The number of halogens is 3. The molecule has 0 aliphatic heterocycles. The molecular formula is C24H26F3N5O2. The monoisotopic (exact) mass is 473 g/mol. The van der Waals surface area contributed by atoms with Crippen LogP contribution in [0.15, 0.2) is 60.8 Å². The van der Waals surface area contributed by atoms with Crippen LogP contribution in [0.3, 0.4) is 0 Å². The molecule has 0 spiro atoms. The van der Waals surface area contributed by atoms with Crippen LogP contribution in [0.4, 0.5) is 18.9 Å². The van der Waals surface area contributed by atoms with E-state index in [2.05, 4.69) is 15.6 Å². The number of anilines is 1. The largest absolute Gasteiger partial charge is 0.416 e. The SMILES string of the molecule is NCCC[C@H](N)C(=O)N[C@H](Cc1ccc(C(F)(F)F)cc1)C(=O)Nc1ccc2ncccc2c1. The molecule has 0 saturated heterocycles. The number of alkyl halides is 3. The van der Waals surface area contributed by atoms with Gasteiger partial charge in [0.25, 0.3) is 0 Å². The van der Waals surface area contributed by atoms with Crippen LogP contribution in [0.5, 0.6) is 0 Å². The molecule has 1 aromatic heterocycles. The molecule has 0 bridgehead atoms. The Balaban J connectivity index is 1.79. The minimum Gasteiger partial charge on any atom is -0.343 e. The molecule has 1 heterocycles. The molecule has 7 nitrogen and oxygen atoms in total. The number of hydrogen-bond acceptors (Lipinski definition) is 5. The first-order chi connectivity index (χ1) is 16.2. The molecule has 0 unspecified atom stereocenters. The van der Waals surface area contributed by atoms with Crippen molar-refractivity contribution < 1.29 is 22.8 Å². The van der Waals surface area contributed by atoms with Crippen molar-refractivity contribution in [2.24, 2.45) is 11.5 Å². The van der Waals surface area contributed by atoms with Crippen molar-refractivity contribution in [2.75, 3.05) is 11.9 Å². The third kappa shape index (κ3) is 6.75. The van der Waals surface area contributed by atoms with Crippen molar-refractivity contribution in [3.63, 3.8) is 0 Å². The first kappa shape index (κ1) is 25.1. The quantitative estimate of drug-likeness (QED) is 0.381. The third-order valence-corrected chi connectivity index (χ3v) is 5.28. The molecule has 0 aliphatic rings. The maximum Gasteiger partial charge on any atom is 0.416 e. The van der Waals surface area contributed by atoms with Gasteiger partial charge in [-0.25, -0.2) is 0 Å². The van der Waals surface area contributed by atoms with E-state index in [1.807, 2.05) is 6.07 Å².